The number of methoxy groups -OCH3 is 1. The quantitative estimate of drug-likeness (QED) is 0.585. The fourth-order valence-electron chi connectivity index (χ4n) is 2.72. The summed E-state index contributed by atoms with van der Waals surface area (Å²) in [6.45, 7) is 2.37. The third kappa shape index (κ3) is 4.68. The van der Waals surface area contributed by atoms with Crippen LogP contribution in [0.1, 0.15) is 22.8 Å². The van der Waals surface area contributed by atoms with Crippen molar-refractivity contribution in [3.8, 4) is 11.5 Å². The Labute approximate surface area is 186 Å². The van der Waals surface area contributed by atoms with E-state index in [9.17, 15) is 9.59 Å². The Morgan fingerprint density at radius 2 is 2.00 bits per heavy atom. The number of thioether (sulfide) groups is 1. The average molecular weight is 491 g/mol. The lowest BCUT2D eigenvalue weighted by Gasteiger charge is -2.12. The third-order valence-corrected chi connectivity index (χ3v) is 5.83. The summed E-state index contributed by atoms with van der Waals surface area (Å²) in [7, 11) is 3.22. The van der Waals surface area contributed by atoms with Gasteiger partial charge in [-0.05, 0) is 82.7 Å². The third-order valence-electron chi connectivity index (χ3n) is 4.18. The van der Waals surface area contributed by atoms with Crippen LogP contribution in [0.2, 0.25) is 0 Å². The number of carboxylic acid groups (broad SMARTS) is 1. The highest BCUT2D eigenvalue weighted by molar-refractivity contribution is 9.10. The number of aromatic carboxylic acids is 1. The molecule has 1 heterocycles. The summed E-state index contributed by atoms with van der Waals surface area (Å²) in [6.07, 6.45) is 1.77. The number of carbonyl (C=O) groups excluding carboxylic acids is 1. The molecule has 1 aliphatic rings. The molecule has 0 atom stereocenters. The molecule has 0 radical (unpaired) electrons. The number of benzene rings is 2. The molecular formula is C21H19BrN2O5S. The van der Waals surface area contributed by atoms with Gasteiger partial charge in [-0.15, -0.1) is 0 Å². The van der Waals surface area contributed by atoms with Gasteiger partial charge in [-0.3, -0.25) is 9.69 Å². The Morgan fingerprint density at radius 3 is 2.60 bits per heavy atom. The fraction of sp³-hybridized carbons (Fsp3) is 0.190. The second-order valence-electron chi connectivity index (χ2n) is 6.19. The number of halogens is 1. The van der Waals surface area contributed by atoms with Crippen molar-refractivity contribution >= 4 is 56.5 Å². The minimum absolute atomic E-state index is 0.175. The van der Waals surface area contributed by atoms with Gasteiger partial charge in [-0.1, -0.05) is 0 Å². The molecule has 30 heavy (non-hydrogen) atoms. The minimum atomic E-state index is -1.00. The number of ether oxygens (including phenoxy) is 2. The minimum Gasteiger partial charge on any atom is -0.492 e. The van der Waals surface area contributed by atoms with Crippen LogP contribution in [-0.2, 0) is 4.79 Å². The lowest BCUT2D eigenvalue weighted by molar-refractivity contribution is -0.121. The van der Waals surface area contributed by atoms with Gasteiger partial charge in [0.05, 0.1) is 34.3 Å². The first-order valence-electron chi connectivity index (χ1n) is 8.94. The predicted octanol–water partition coefficient (Wildman–Crippen LogP) is 4.79. The monoisotopic (exact) mass is 490 g/mol. The first kappa shape index (κ1) is 21.9. The normalized spacial score (nSPS) is 16.4. The van der Waals surface area contributed by atoms with E-state index < -0.39 is 5.97 Å². The Kier molecular flexibility index (Phi) is 6.84. The highest BCUT2D eigenvalue weighted by atomic mass is 79.9. The summed E-state index contributed by atoms with van der Waals surface area (Å²) in [6, 6.07) is 9.82. The van der Waals surface area contributed by atoms with Gasteiger partial charge in [0.2, 0.25) is 0 Å². The van der Waals surface area contributed by atoms with Crippen LogP contribution in [0, 0.1) is 0 Å². The van der Waals surface area contributed by atoms with Crippen molar-refractivity contribution < 1.29 is 24.2 Å². The molecule has 0 unspecified atom stereocenters. The first-order chi connectivity index (χ1) is 14.3. The molecule has 9 heteroatoms. The van der Waals surface area contributed by atoms with Crippen molar-refractivity contribution in [1.29, 1.82) is 0 Å². The molecule has 1 saturated heterocycles. The molecule has 0 aromatic heterocycles. The molecule has 156 valence electrons. The largest absolute Gasteiger partial charge is 0.492 e. The number of likely N-dealkylation sites (N-methyl/N-ethyl adjacent to an activating group) is 1. The van der Waals surface area contributed by atoms with E-state index in [0.717, 1.165) is 10.0 Å². The van der Waals surface area contributed by atoms with Gasteiger partial charge in [0.15, 0.2) is 16.7 Å². The van der Waals surface area contributed by atoms with Gasteiger partial charge in [0.1, 0.15) is 0 Å². The highest BCUT2D eigenvalue weighted by Crippen LogP contribution is 2.39. The first-order valence-corrected chi connectivity index (χ1v) is 10.5. The standard InChI is InChI=1S/C21H19BrN2O5S/c1-4-29-16-10-12(9-15(22)18(16)28-3)11-17-19(25)24(2)21(30-17)23-14-7-5-13(6-8-14)20(26)27/h5-11H,4H2,1-3H3,(H,26,27). The summed E-state index contributed by atoms with van der Waals surface area (Å²) in [5.74, 6) is -0.00384. The van der Waals surface area contributed by atoms with Crippen molar-refractivity contribution in [1.82, 2.24) is 4.90 Å². The molecule has 3 rings (SSSR count). The number of nitrogens with zero attached hydrogens (tertiary/aromatic N) is 2. The van der Waals surface area contributed by atoms with Crippen LogP contribution in [0.25, 0.3) is 6.08 Å². The zero-order chi connectivity index (χ0) is 21.8. The van der Waals surface area contributed by atoms with E-state index in [1.54, 1.807) is 32.4 Å². The smallest absolute Gasteiger partial charge is 0.335 e. The second kappa shape index (κ2) is 9.36. The van der Waals surface area contributed by atoms with Crippen LogP contribution in [0.4, 0.5) is 5.69 Å². The van der Waals surface area contributed by atoms with E-state index in [2.05, 4.69) is 20.9 Å². The van der Waals surface area contributed by atoms with E-state index in [1.807, 2.05) is 19.1 Å². The van der Waals surface area contributed by atoms with E-state index in [4.69, 9.17) is 14.6 Å². The summed E-state index contributed by atoms with van der Waals surface area (Å²) in [5, 5.41) is 9.50. The van der Waals surface area contributed by atoms with Crippen molar-refractivity contribution in [2.45, 2.75) is 6.92 Å². The van der Waals surface area contributed by atoms with Crippen LogP contribution in [-0.4, -0.2) is 47.8 Å². The van der Waals surface area contributed by atoms with Crippen LogP contribution in [0.3, 0.4) is 0 Å². The van der Waals surface area contributed by atoms with E-state index in [1.165, 1.54) is 28.8 Å². The zero-order valence-electron chi connectivity index (χ0n) is 16.5. The van der Waals surface area contributed by atoms with Crippen molar-refractivity contribution in [3.05, 3.63) is 56.9 Å². The number of hydrogen-bond acceptors (Lipinski definition) is 6. The topological polar surface area (TPSA) is 88.4 Å². The highest BCUT2D eigenvalue weighted by Gasteiger charge is 2.30. The van der Waals surface area contributed by atoms with Gasteiger partial charge in [0, 0.05) is 7.05 Å². The summed E-state index contributed by atoms with van der Waals surface area (Å²) in [4.78, 5) is 30.1. The van der Waals surface area contributed by atoms with E-state index >= 15 is 0 Å². The number of carbonyl (C=O) groups is 2. The van der Waals surface area contributed by atoms with Crippen molar-refractivity contribution in [3.63, 3.8) is 0 Å². The van der Waals surface area contributed by atoms with Crippen LogP contribution in [0.5, 0.6) is 11.5 Å². The molecule has 0 saturated carbocycles. The predicted molar refractivity (Wildman–Crippen MR) is 121 cm³/mol. The Balaban J connectivity index is 1.90. The molecule has 1 amide bonds. The van der Waals surface area contributed by atoms with Gasteiger partial charge in [-0.2, -0.15) is 0 Å². The van der Waals surface area contributed by atoms with E-state index in [0.29, 0.717) is 33.9 Å². The summed E-state index contributed by atoms with van der Waals surface area (Å²) < 4.78 is 11.7. The molecule has 1 N–H and O–H groups in total. The maximum absolute atomic E-state index is 12.7. The van der Waals surface area contributed by atoms with Crippen LogP contribution < -0.4 is 9.47 Å². The maximum atomic E-state index is 12.7. The number of aliphatic imine (C=N–C) groups is 1. The Hall–Kier alpha value is -2.78. The van der Waals surface area contributed by atoms with Gasteiger partial charge >= 0.3 is 5.97 Å². The molecule has 0 spiro atoms. The Bertz CT molecular complexity index is 1050. The van der Waals surface area contributed by atoms with Gasteiger partial charge in [0.25, 0.3) is 5.91 Å². The average Bonchev–Trinajstić information content (AvgIpc) is 2.96. The van der Waals surface area contributed by atoms with Gasteiger partial charge < -0.3 is 14.6 Å². The number of amides is 1. The van der Waals surface area contributed by atoms with Crippen molar-refractivity contribution in [2.24, 2.45) is 4.99 Å². The maximum Gasteiger partial charge on any atom is 0.335 e. The molecule has 2 aromatic carbocycles. The lowest BCUT2D eigenvalue weighted by atomic mass is 10.2. The van der Waals surface area contributed by atoms with Crippen LogP contribution >= 0.6 is 27.7 Å². The zero-order valence-corrected chi connectivity index (χ0v) is 18.9. The molecule has 0 aliphatic carbocycles. The number of hydrogen-bond donors (Lipinski definition) is 1. The molecule has 7 nitrogen and oxygen atoms in total. The molecule has 0 bridgehead atoms. The Morgan fingerprint density at radius 1 is 1.30 bits per heavy atom. The van der Waals surface area contributed by atoms with E-state index in [-0.39, 0.29) is 11.5 Å². The summed E-state index contributed by atoms with van der Waals surface area (Å²) >= 11 is 4.72. The molecular weight excluding hydrogens is 472 g/mol. The molecule has 1 fully saturated rings. The summed E-state index contributed by atoms with van der Waals surface area (Å²) in [5.41, 5.74) is 1.52. The molecule has 1 aliphatic heterocycles. The number of amidine groups is 1. The lowest BCUT2D eigenvalue weighted by Crippen LogP contribution is -2.23. The van der Waals surface area contributed by atoms with Crippen molar-refractivity contribution in [2.75, 3.05) is 20.8 Å². The molecule has 2 aromatic rings. The number of rotatable bonds is 6. The fourth-order valence-corrected chi connectivity index (χ4v) is 4.33. The SMILES string of the molecule is CCOc1cc(C=C2SC(=Nc3ccc(C(=O)O)cc3)N(C)C2=O)cc(Br)c1OC. The number of carboxylic acids is 1. The van der Waals surface area contributed by atoms with Gasteiger partial charge in [-0.25, -0.2) is 9.79 Å². The van der Waals surface area contributed by atoms with Crippen LogP contribution in [0.15, 0.2) is 50.8 Å². The second-order valence-corrected chi connectivity index (χ2v) is 8.05.